The molecule has 4 amide bonds. The van der Waals surface area contributed by atoms with E-state index in [1.165, 1.54) is 0 Å². The lowest BCUT2D eigenvalue weighted by atomic mass is 9.97. The lowest BCUT2D eigenvalue weighted by Gasteiger charge is -2.39. The summed E-state index contributed by atoms with van der Waals surface area (Å²) in [4.78, 5) is 53.3. The van der Waals surface area contributed by atoms with Gasteiger partial charge in [0.05, 0.1) is 11.5 Å². The van der Waals surface area contributed by atoms with E-state index in [9.17, 15) is 19.2 Å². The predicted molar refractivity (Wildman–Crippen MR) is 111 cm³/mol. The van der Waals surface area contributed by atoms with E-state index in [4.69, 9.17) is 10.5 Å². The van der Waals surface area contributed by atoms with Crippen molar-refractivity contribution in [3.63, 3.8) is 0 Å². The summed E-state index contributed by atoms with van der Waals surface area (Å²) in [5, 5.41) is 2.93. The Morgan fingerprint density at radius 1 is 1.23 bits per heavy atom. The minimum absolute atomic E-state index is 0.155. The van der Waals surface area contributed by atoms with E-state index in [1.54, 1.807) is 41.0 Å². The maximum atomic E-state index is 13.1. The maximum absolute atomic E-state index is 13.1. The molecule has 3 aliphatic heterocycles. The number of ether oxygens (including phenoxy) is 1. The molecule has 166 valence electrons. The molecule has 31 heavy (non-hydrogen) atoms. The maximum Gasteiger partial charge on any atom is 0.258 e. The Hall–Kier alpha value is -3.10. The molecule has 0 aromatic heterocycles. The molecule has 1 aromatic carbocycles. The number of nitrogens with one attached hydrogen (secondary N) is 1. The molecule has 1 spiro atoms. The third-order valence-corrected chi connectivity index (χ3v) is 6.56. The van der Waals surface area contributed by atoms with Gasteiger partial charge in [0.1, 0.15) is 11.8 Å². The number of rotatable bonds is 3. The van der Waals surface area contributed by atoms with Gasteiger partial charge in [0.2, 0.25) is 17.7 Å². The molecule has 0 unspecified atom stereocenters. The number of fused-ring (bicyclic) bond motifs is 1. The number of hydrogen-bond acceptors (Lipinski definition) is 5. The SMILES string of the molecule is C[C@@H](C(=O)N1CCC[C@@H](C(N)=O)C1)N1CC[C@@]2(CCC1=O)NC(=O)c1ccccc1O2. The highest BCUT2D eigenvalue weighted by Gasteiger charge is 2.44. The van der Waals surface area contributed by atoms with Gasteiger partial charge >= 0.3 is 0 Å². The van der Waals surface area contributed by atoms with Crippen LogP contribution in [-0.4, -0.2) is 64.8 Å². The average Bonchev–Trinajstić information content (AvgIpc) is 2.92. The lowest BCUT2D eigenvalue weighted by molar-refractivity contribution is -0.146. The second-order valence-corrected chi connectivity index (χ2v) is 8.59. The van der Waals surface area contributed by atoms with E-state index >= 15 is 0 Å². The minimum Gasteiger partial charge on any atom is -0.467 e. The Balaban J connectivity index is 1.46. The minimum atomic E-state index is -0.971. The molecule has 2 fully saturated rings. The Kier molecular flexibility index (Phi) is 5.60. The van der Waals surface area contributed by atoms with Crippen molar-refractivity contribution in [2.45, 2.75) is 50.8 Å². The monoisotopic (exact) mass is 428 g/mol. The van der Waals surface area contributed by atoms with Crippen LogP contribution >= 0.6 is 0 Å². The number of piperidine rings is 1. The fourth-order valence-corrected chi connectivity index (χ4v) is 4.70. The summed E-state index contributed by atoms with van der Waals surface area (Å²) in [7, 11) is 0. The van der Waals surface area contributed by atoms with E-state index < -0.39 is 17.7 Å². The summed E-state index contributed by atoms with van der Waals surface area (Å²) < 4.78 is 6.15. The first kappa shape index (κ1) is 21.1. The third kappa shape index (κ3) is 4.08. The number of benzene rings is 1. The lowest BCUT2D eigenvalue weighted by Crippen LogP contribution is -2.57. The molecule has 0 bridgehead atoms. The Morgan fingerprint density at radius 2 is 2.00 bits per heavy atom. The Bertz CT molecular complexity index is 919. The van der Waals surface area contributed by atoms with Crippen LogP contribution in [0.25, 0.3) is 0 Å². The molecule has 2 saturated heterocycles. The van der Waals surface area contributed by atoms with Crippen LogP contribution in [0.5, 0.6) is 5.75 Å². The third-order valence-electron chi connectivity index (χ3n) is 6.56. The highest BCUT2D eigenvalue weighted by molar-refractivity contribution is 5.98. The highest BCUT2D eigenvalue weighted by Crippen LogP contribution is 2.34. The zero-order valence-corrected chi connectivity index (χ0v) is 17.6. The van der Waals surface area contributed by atoms with Gasteiger partial charge in [-0.25, -0.2) is 0 Å². The molecule has 3 atom stereocenters. The summed E-state index contributed by atoms with van der Waals surface area (Å²) in [5.74, 6) is -0.811. The van der Waals surface area contributed by atoms with Crippen molar-refractivity contribution >= 4 is 23.6 Å². The van der Waals surface area contributed by atoms with Crippen LogP contribution in [0.15, 0.2) is 24.3 Å². The molecule has 9 nitrogen and oxygen atoms in total. The van der Waals surface area contributed by atoms with Gasteiger partial charge in [0.15, 0.2) is 5.72 Å². The van der Waals surface area contributed by atoms with Crippen molar-refractivity contribution < 1.29 is 23.9 Å². The van der Waals surface area contributed by atoms with Gasteiger partial charge in [-0.1, -0.05) is 12.1 Å². The Morgan fingerprint density at radius 3 is 2.77 bits per heavy atom. The molecular formula is C22H28N4O5. The predicted octanol–water partition coefficient (Wildman–Crippen LogP) is 0.630. The molecular weight excluding hydrogens is 400 g/mol. The number of carbonyl (C=O) groups excluding carboxylic acids is 4. The van der Waals surface area contributed by atoms with Crippen LogP contribution in [0, 0.1) is 5.92 Å². The van der Waals surface area contributed by atoms with Crippen LogP contribution < -0.4 is 15.8 Å². The van der Waals surface area contributed by atoms with E-state index in [2.05, 4.69) is 5.32 Å². The second-order valence-electron chi connectivity index (χ2n) is 8.59. The smallest absolute Gasteiger partial charge is 0.258 e. The van der Waals surface area contributed by atoms with Crippen molar-refractivity contribution in [2.24, 2.45) is 11.7 Å². The molecule has 0 radical (unpaired) electrons. The van der Waals surface area contributed by atoms with Gasteiger partial charge in [0, 0.05) is 38.9 Å². The normalized spacial score (nSPS) is 27.1. The zero-order valence-electron chi connectivity index (χ0n) is 17.6. The topological polar surface area (TPSA) is 122 Å². The molecule has 1 aromatic rings. The molecule has 0 aliphatic carbocycles. The summed E-state index contributed by atoms with van der Waals surface area (Å²) >= 11 is 0. The molecule has 0 saturated carbocycles. The Labute approximate surface area is 180 Å². The first-order chi connectivity index (χ1) is 14.8. The van der Waals surface area contributed by atoms with Crippen molar-refractivity contribution in [3.05, 3.63) is 29.8 Å². The summed E-state index contributed by atoms with van der Waals surface area (Å²) in [6.07, 6.45) is 2.25. The number of nitrogens with zero attached hydrogens (tertiary/aromatic N) is 2. The van der Waals surface area contributed by atoms with E-state index in [0.29, 0.717) is 50.1 Å². The fraction of sp³-hybridized carbons (Fsp3) is 0.545. The number of primary amides is 1. The first-order valence-corrected chi connectivity index (χ1v) is 10.8. The second kappa shape index (κ2) is 8.20. The number of hydrogen-bond donors (Lipinski definition) is 2. The van der Waals surface area contributed by atoms with Crippen LogP contribution in [0.1, 0.15) is 49.4 Å². The van der Waals surface area contributed by atoms with Gasteiger partial charge in [-0.05, 0) is 31.9 Å². The van der Waals surface area contributed by atoms with Crippen molar-refractivity contribution in [1.82, 2.24) is 15.1 Å². The van der Waals surface area contributed by atoms with Crippen LogP contribution in [0.4, 0.5) is 0 Å². The van der Waals surface area contributed by atoms with Gasteiger partial charge in [-0.15, -0.1) is 0 Å². The van der Waals surface area contributed by atoms with Gasteiger partial charge in [-0.2, -0.15) is 0 Å². The van der Waals surface area contributed by atoms with Crippen molar-refractivity contribution in [1.29, 1.82) is 0 Å². The standard InChI is InChI=1S/C22H28N4O5/c1-14(21(30)25-11-4-5-15(13-25)19(23)28)26-12-10-22(9-8-18(26)27)24-20(29)16-6-2-3-7-17(16)31-22/h2-3,6-7,14-15H,4-5,8-13H2,1H3,(H2,23,28)(H,24,29)/t14-,15+,22-/m0/s1. The first-order valence-electron chi connectivity index (χ1n) is 10.8. The molecule has 9 heteroatoms. The summed E-state index contributed by atoms with van der Waals surface area (Å²) in [5.41, 5.74) is 4.92. The van der Waals surface area contributed by atoms with E-state index in [1.807, 2.05) is 0 Å². The quantitative estimate of drug-likeness (QED) is 0.731. The van der Waals surface area contributed by atoms with Gasteiger partial charge in [0.25, 0.3) is 5.91 Å². The van der Waals surface area contributed by atoms with Crippen molar-refractivity contribution in [3.8, 4) is 5.75 Å². The molecule has 4 rings (SSSR count). The van der Waals surface area contributed by atoms with E-state index in [-0.39, 0.29) is 36.6 Å². The number of nitrogens with two attached hydrogens (primary N) is 1. The van der Waals surface area contributed by atoms with Crippen molar-refractivity contribution in [2.75, 3.05) is 19.6 Å². The molecule has 3 heterocycles. The van der Waals surface area contributed by atoms with Crippen LogP contribution in [0.3, 0.4) is 0 Å². The number of amides is 4. The molecule has 3 aliphatic rings. The number of para-hydroxylation sites is 1. The fourth-order valence-electron chi connectivity index (χ4n) is 4.70. The highest BCUT2D eigenvalue weighted by atomic mass is 16.5. The van der Waals surface area contributed by atoms with Gasteiger partial charge < -0.3 is 25.6 Å². The largest absolute Gasteiger partial charge is 0.467 e. The summed E-state index contributed by atoms with van der Waals surface area (Å²) in [6, 6.07) is 6.36. The zero-order chi connectivity index (χ0) is 22.2. The molecule has 3 N–H and O–H groups in total. The number of carbonyl (C=O) groups is 4. The van der Waals surface area contributed by atoms with Crippen LogP contribution in [0.2, 0.25) is 0 Å². The van der Waals surface area contributed by atoms with E-state index in [0.717, 1.165) is 0 Å². The van der Waals surface area contributed by atoms with Crippen LogP contribution in [-0.2, 0) is 14.4 Å². The van der Waals surface area contributed by atoms with Gasteiger partial charge in [-0.3, -0.25) is 19.2 Å². The summed E-state index contributed by atoms with van der Waals surface area (Å²) in [6.45, 7) is 2.83. The number of likely N-dealkylation sites (tertiary alicyclic amines) is 2. The average molecular weight is 428 g/mol.